The van der Waals surface area contributed by atoms with Crippen LogP contribution in [0.15, 0.2) is 30.6 Å². The number of imidazole rings is 1. The van der Waals surface area contributed by atoms with Gasteiger partial charge in [0.05, 0.1) is 11.9 Å². The fourth-order valence-corrected chi connectivity index (χ4v) is 3.31. The minimum Gasteiger partial charge on any atom is -0.488 e. The number of ether oxygens (including phenoxy) is 1. The van der Waals surface area contributed by atoms with Crippen LogP contribution in [0.25, 0.3) is 5.65 Å². The number of halogens is 1. The number of likely N-dealkylation sites (tertiary alicyclic amines) is 1. The molecule has 0 atom stereocenters. The summed E-state index contributed by atoms with van der Waals surface area (Å²) in [5.41, 5.74) is 6.91. The summed E-state index contributed by atoms with van der Waals surface area (Å²) in [5.74, 6) is 0.0140. The normalized spacial score (nSPS) is 15.5. The summed E-state index contributed by atoms with van der Waals surface area (Å²) >= 11 is 0. The zero-order chi connectivity index (χ0) is 20.4. The lowest BCUT2D eigenvalue weighted by molar-refractivity contribution is 0.101. The number of carbonyl (C=O) groups is 1. The zero-order valence-corrected chi connectivity index (χ0v) is 16.0. The quantitative estimate of drug-likeness (QED) is 0.674. The van der Waals surface area contributed by atoms with Crippen molar-refractivity contribution < 1.29 is 13.9 Å². The van der Waals surface area contributed by atoms with E-state index in [1.807, 2.05) is 0 Å². The molecular formula is C19H22FN7O2. The molecule has 0 spiro atoms. The Hall–Kier alpha value is -3.27. The van der Waals surface area contributed by atoms with Crippen molar-refractivity contribution in [3.05, 3.63) is 42.0 Å². The first-order valence-corrected chi connectivity index (χ1v) is 9.36. The first-order valence-electron chi connectivity index (χ1n) is 9.36. The summed E-state index contributed by atoms with van der Waals surface area (Å²) in [5, 5.41) is 6.86. The van der Waals surface area contributed by atoms with Gasteiger partial charge >= 0.3 is 0 Å². The van der Waals surface area contributed by atoms with Gasteiger partial charge < -0.3 is 20.7 Å². The molecule has 0 saturated carbocycles. The maximum absolute atomic E-state index is 13.0. The highest BCUT2D eigenvalue weighted by Crippen LogP contribution is 2.27. The average molecular weight is 399 g/mol. The first-order chi connectivity index (χ1) is 14.0. The number of carbonyl (C=O) groups excluding carboxylic acids is 1. The van der Waals surface area contributed by atoms with Gasteiger partial charge in [0.15, 0.2) is 17.2 Å². The second-order valence-electron chi connectivity index (χ2n) is 7.02. The number of nitrogens with zero attached hydrogens (tertiary/aromatic N) is 5. The highest BCUT2D eigenvalue weighted by Gasteiger charge is 2.22. The number of fused-ring (bicyclic) bond motifs is 1. The first kappa shape index (κ1) is 19.1. The molecule has 4 rings (SSSR count). The molecule has 1 aliphatic heterocycles. The summed E-state index contributed by atoms with van der Waals surface area (Å²) < 4.78 is 20.3. The van der Waals surface area contributed by atoms with Crippen molar-refractivity contribution >= 4 is 23.1 Å². The van der Waals surface area contributed by atoms with Crippen LogP contribution in [0.4, 0.5) is 15.9 Å². The van der Waals surface area contributed by atoms with E-state index < -0.39 is 12.6 Å². The van der Waals surface area contributed by atoms with E-state index in [-0.39, 0.29) is 23.3 Å². The fourth-order valence-electron chi connectivity index (χ4n) is 3.31. The maximum Gasteiger partial charge on any atom is 0.278 e. The Balaban J connectivity index is 1.58. The number of alkyl halides is 1. The molecule has 0 bridgehead atoms. The van der Waals surface area contributed by atoms with E-state index >= 15 is 0 Å². The van der Waals surface area contributed by atoms with Crippen molar-refractivity contribution in [3.63, 3.8) is 0 Å². The standard InChI is InChI=1S/C19H22FN7O2/c1-26-8-5-13(6-9-26)29-15-4-7-22-11-14(15)23-19(28)17-18(21)24-16-3-2-12(10-20)25-27(16)17/h2-4,7,11,13H,5-6,8-10,21H2,1H3,(H,23,28). The predicted molar refractivity (Wildman–Crippen MR) is 106 cm³/mol. The van der Waals surface area contributed by atoms with Gasteiger partial charge in [-0.3, -0.25) is 9.78 Å². The molecule has 3 N–H and O–H groups in total. The van der Waals surface area contributed by atoms with Crippen molar-refractivity contribution in [2.24, 2.45) is 0 Å². The summed E-state index contributed by atoms with van der Waals surface area (Å²) in [6.45, 7) is 1.16. The molecule has 0 aromatic carbocycles. The van der Waals surface area contributed by atoms with Crippen molar-refractivity contribution in [2.75, 3.05) is 31.2 Å². The van der Waals surface area contributed by atoms with Crippen LogP contribution in [0.5, 0.6) is 5.75 Å². The van der Waals surface area contributed by atoms with Gasteiger partial charge in [-0.2, -0.15) is 5.10 Å². The number of anilines is 2. The van der Waals surface area contributed by atoms with E-state index in [1.54, 1.807) is 18.3 Å². The maximum atomic E-state index is 13.0. The third-order valence-corrected chi connectivity index (χ3v) is 4.90. The van der Waals surface area contributed by atoms with Crippen LogP contribution < -0.4 is 15.8 Å². The van der Waals surface area contributed by atoms with Crippen LogP contribution >= 0.6 is 0 Å². The molecule has 1 saturated heterocycles. The van der Waals surface area contributed by atoms with Gasteiger partial charge in [0.2, 0.25) is 0 Å². The zero-order valence-electron chi connectivity index (χ0n) is 16.0. The van der Waals surface area contributed by atoms with E-state index in [1.165, 1.54) is 16.8 Å². The van der Waals surface area contributed by atoms with Crippen LogP contribution in [0.3, 0.4) is 0 Å². The molecule has 0 aliphatic carbocycles. The number of nitrogens with one attached hydrogen (secondary N) is 1. The van der Waals surface area contributed by atoms with Crippen molar-refractivity contribution in [3.8, 4) is 5.75 Å². The van der Waals surface area contributed by atoms with Crippen LogP contribution in [-0.2, 0) is 6.67 Å². The Bertz CT molecular complexity index is 1030. The van der Waals surface area contributed by atoms with Gasteiger partial charge in [-0.25, -0.2) is 13.9 Å². The monoisotopic (exact) mass is 399 g/mol. The van der Waals surface area contributed by atoms with Gasteiger partial charge in [0, 0.05) is 25.4 Å². The second-order valence-corrected chi connectivity index (χ2v) is 7.02. The Kier molecular flexibility index (Phi) is 5.26. The minimum absolute atomic E-state index is 0.00712. The van der Waals surface area contributed by atoms with Crippen molar-refractivity contribution in [1.82, 2.24) is 24.5 Å². The number of amides is 1. The molecule has 1 amide bonds. The number of piperidine rings is 1. The molecule has 1 fully saturated rings. The number of aromatic nitrogens is 4. The summed E-state index contributed by atoms with van der Waals surface area (Å²) in [7, 11) is 2.08. The number of hydrogen-bond donors (Lipinski definition) is 2. The van der Waals surface area contributed by atoms with Gasteiger partial charge in [0.1, 0.15) is 24.2 Å². The number of rotatable bonds is 5. The Morgan fingerprint density at radius 3 is 2.90 bits per heavy atom. The molecule has 3 aromatic heterocycles. The summed E-state index contributed by atoms with van der Waals surface area (Å²) in [6, 6.07) is 4.77. The molecule has 29 heavy (non-hydrogen) atoms. The highest BCUT2D eigenvalue weighted by atomic mass is 19.1. The predicted octanol–water partition coefficient (Wildman–Crippen LogP) is 1.90. The largest absolute Gasteiger partial charge is 0.488 e. The SMILES string of the molecule is CN1CCC(Oc2ccncc2NC(=O)c2c(N)nc3ccc(CF)nn23)CC1. The smallest absolute Gasteiger partial charge is 0.278 e. The van der Waals surface area contributed by atoms with E-state index in [4.69, 9.17) is 10.5 Å². The molecule has 0 unspecified atom stereocenters. The lowest BCUT2D eigenvalue weighted by Gasteiger charge is -2.29. The molecule has 1 aliphatic rings. The van der Waals surface area contributed by atoms with Gasteiger partial charge in [-0.05, 0) is 32.0 Å². The van der Waals surface area contributed by atoms with Crippen LogP contribution in [0.2, 0.25) is 0 Å². The van der Waals surface area contributed by atoms with Crippen LogP contribution in [-0.4, -0.2) is 56.6 Å². The topological polar surface area (TPSA) is 111 Å². The summed E-state index contributed by atoms with van der Waals surface area (Å²) in [6.07, 6.45) is 5.00. The van der Waals surface area contributed by atoms with Gasteiger partial charge in [0.25, 0.3) is 5.91 Å². The minimum atomic E-state index is -0.758. The van der Waals surface area contributed by atoms with E-state index in [9.17, 15) is 9.18 Å². The molecule has 10 heteroatoms. The van der Waals surface area contributed by atoms with Gasteiger partial charge in [-0.1, -0.05) is 0 Å². The Morgan fingerprint density at radius 1 is 1.34 bits per heavy atom. The third kappa shape index (κ3) is 3.97. The molecule has 3 aromatic rings. The third-order valence-electron chi connectivity index (χ3n) is 4.90. The van der Waals surface area contributed by atoms with Crippen molar-refractivity contribution in [1.29, 1.82) is 0 Å². The molecule has 4 heterocycles. The van der Waals surface area contributed by atoms with E-state index in [2.05, 4.69) is 32.3 Å². The molecule has 9 nitrogen and oxygen atoms in total. The number of pyridine rings is 1. The average Bonchev–Trinajstić information content (AvgIpc) is 3.06. The van der Waals surface area contributed by atoms with E-state index in [0.29, 0.717) is 17.1 Å². The van der Waals surface area contributed by atoms with E-state index in [0.717, 1.165) is 25.9 Å². The molecular weight excluding hydrogens is 377 g/mol. The Labute approximate surface area is 166 Å². The van der Waals surface area contributed by atoms with Crippen LogP contribution in [0.1, 0.15) is 29.0 Å². The molecule has 0 radical (unpaired) electrons. The lowest BCUT2D eigenvalue weighted by atomic mass is 10.1. The van der Waals surface area contributed by atoms with Crippen molar-refractivity contribution in [2.45, 2.75) is 25.6 Å². The number of hydrogen-bond acceptors (Lipinski definition) is 7. The lowest BCUT2D eigenvalue weighted by Crippen LogP contribution is -2.35. The number of nitrogens with two attached hydrogens (primary N) is 1. The Morgan fingerprint density at radius 2 is 2.14 bits per heavy atom. The molecule has 152 valence electrons. The van der Waals surface area contributed by atoms with Crippen LogP contribution in [0, 0.1) is 0 Å². The summed E-state index contributed by atoms with van der Waals surface area (Å²) in [4.78, 5) is 23.4. The highest BCUT2D eigenvalue weighted by molar-refractivity contribution is 6.07. The number of nitrogen functional groups attached to an aromatic ring is 1. The van der Waals surface area contributed by atoms with Gasteiger partial charge in [-0.15, -0.1) is 0 Å². The fraction of sp³-hybridized carbons (Fsp3) is 0.368. The second kappa shape index (κ2) is 8.00.